The first-order valence-electron chi connectivity index (χ1n) is 7.52. The van der Waals surface area contributed by atoms with Gasteiger partial charge in [-0.25, -0.2) is 9.97 Å². The molecule has 0 aliphatic carbocycles. The molecule has 1 aromatic carbocycles. The molecule has 1 aliphatic heterocycles. The van der Waals surface area contributed by atoms with Crippen LogP contribution < -0.4 is 9.47 Å². The van der Waals surface area contributed by atoms with Crippen molar-refractivity contribution in [2.24, 2.45) is 0 Å². The summed E-state index contributed by atoms with van der Waals surface area (Å²) in [5, 5.41) is 9.02. The van der Waals surface area contributed by atoms with E-state index in [0.717, 1.165) is 0 Å². The van der Waals surface area contributed by atoms with Gasteiger partial charge in [0.25, 0.3) is 11.8 Å². The van der Waals surface area contributed by atoms with Crippen molar-refractivity contribution in [3.05, 3.63) is 47.9 Å². The second-order valence-corrected chi connectivity index (χ2v) is 5.33. The molecule has 0 N–H and O–H groups in total. The molecule has 24 heavy (non-hydrogen) atoms. The molecule has 1 amide bonds. The average Bonchev–Trinajstić information content (AvgIpc) is 3.10. The van der Waals surface area contributed by atoms with E-state index in [1.54, 1.807) is 36.3 Å². The van der Waals surface area contributed by atoms with Gasteiger partial charge in [0.05, 0.1) is 13.7 Å². The fourth-order valence-corrected chi connectivity index (χ4v) is 2.57. The van der Waals surface area contributed by atoms with Crippen molar-refractivity contribution in [3.63, 3.8) is 0 Å². The maximum atomic E-state index is 12.5. The first kappa shape index (κ1) is 15.7. The normalized spacial score (nSPS) is 16.5. The number of benzene rings is 1. The molecule has 3 rings (SSSR count). The molecule has 1 saturated heterocycles. The SMILES string of the molecule is COc1ccc(C(=O)N2CCC(Oc3nccnc3C#N)C2)cc1. The van der Waals surface area contributed by atoms with Crippen LogP contribution in [0.2, 0.25) is 0 Å². The number of nitriles is 1. The zero-order valence-electron chi connectivity index (χ0n) is 13.2. The highest BCUT2D eigenvalue weighted by Crippen LogP contribution is 2.21. The molecular formula is C17H16N4O3. The van der Waals surface area contributed by atoms with Crippen molar-refractivity contribution in [2.75, 3.05) is 20.2 Å². The average molecular weight is 324 g/mol. The molecule has 1 atom stereocenters. The van der Waals surface area contributed by atoms with E-state index in [-0.39, 0.29) is 23.6 Å². The third kappa shape index (κ3) is 3.27. The van der Waals surface area contributed by atoms with Gasteiger partial charge in [-0.2, -0.15) is 5.26 Å². The molecule has 122 valence electrons. The largest absolute Gasteiger partial charge is 0.497 e. The van der Waals surface area contributed by atoms with Crippen LogP contribution in [0, 0.1) is 11.3 Å². The number of methoxy groups -OCH3 is 1. The van der Waals surface area contributed by atoms with E-state index in [1.807, 2.05) is 6.07 Å². The van der Waals surface area contributed by atoms with Gasteiger partial charge in [-0.05, 0) is 24.3 Å². The summed E-state index contributed by atoms with van der Waals surface area (Å²) in [6.45, 7) is 1.05. The summed E-state index contributed by atoms with van der Waals surface area (Å²) in [5.41, 5.74) is 0.756. The molecule has 1 aromatic heterocycles. The third-order valence-electron chi connectivity index (χ3n) is 3.82. The Morgan fingerprint density at radius 1 is 1.29 bits per heavy atom. The number of hydrogen-bond donors (Lipinski definition) is 0. The molecule has 7 nitrogen and oxygen atoms in total. The molecule has 1 aliphatic rings. The van der Waals surface area contributed by atoms with Crippen molar-refractivity contribution < 1.29 is 14.3 Å². The van der Waals surface area contributed by atoms with Crippen LogP contribution in [0.1, 0.15) is 22.5 Å². The molecule has 7 heteroatoms. The molecule has 0 radical (unpaired) electrons. The highest BCUT2D eigenvalue weighted by molar-refractivity contribution is 5.94. The second-order valence-electron chi connectivity index (χ2n) is 5.33. The number of nitrogens with zero attached hydrogens (tertiary/aromatic N) is 4. The van der Waals surface area contributed by atoms with E-state index < -0.39 is 0 Å². The molecule has 1 fully saturated rings. The fourth-order valence-electron chi connectivity index (χ4n) is 2.57. The van der Waals surface area contributed by atoms with Crippen LogP contribution in [0.25, 0.3) is 0 Å². The first-order valence-corrected chi connectivity index (χ1v) is 7.52. The van der Waals surface area contributed by atoms with Gasteiger partial charge < -0.3 is 14.4 Å². The minimum Gasteiger partial charge on any atom is -0.497 e. The van der Waals surface area contributed by atoms with Gasteiger partial charge in [0.2, 0.25) is 5.69 Å². The maximum Gasteiger partial charge on any atom is 0.253 e. The van der Waals surface area contributed by atoms with E-state index in [0.29, 0.717) is 30.8 Å². The van der Waals surface area contributed by atoms with Gasteiger partial charge in [-0.3, -0.25) is 4.79 Å². The van der Waals surface area contributed by atoms with Gasteiger partial charge in [0, 0.05) is 30.9 Å². The van der Waals surface area contributed by atoms with Gasteiger partial charge >= 0.3 is 0 Å². The maximum absolute atomic E-state index is 12.5. The van der Waals surface area contributed by atoms with Crippen molar-refractivity contribution in [1.82, 2.24) is 14.9 Å². The Bertz CT molecular complexity index is 770. The molecule has 0 spiro atoms. The number of rotatable bonds is 4. The second kappa shape index (κ2) is 6.96. The van der Waals surface area contributed by atoms with Crippen LogP contribution in [-0.4, -0.2) is 47.1 Å². The summed E-state index contributed by atoms with van der Waals surface area (Å²) in [7, 11) is 1.58. The van der Waals surface area contributed by atoms with E-state index in [2.05, 4.69) is 9.97 Å². The van der Waals surface area contributed by atoms with Crippen molar-refractivity contribution in [3.8, 4) is 17.7 Å². The van der Waals surface area contributed by atoms with Crippen LogP contribution in [0.5, 0.6) is 11.6 Å². The van der Waals surface area contributed by atoms with Crippen LogP contribution in [0.4, 0.5) is 0 Å². The quantitative estimate of drug-likeness (QED) is 0.849. The predicted molar refractivity (Wildman–Crippen MR) is 84.7 cm³/mol. The number of amides is 1. The summed E-state index contributed by atoms with van der Waals surface area (Å²) in [6, 6.07) is 8.95. The lowest BCUT2D eigenvalue weighted by Crippen LogP contribution is -2.31. The number of carbonyl (C=O) groups is 1. The fraction of sp³-hybridized carbons (Fsp3) is 0.294. The molecule has 0 bridgehead atoms. The smallest absolute Gasteiger partial charge is 0.253 e. The zero-order chi connectivity index (χ0) is 16.9. The lowest BCUT2D eigenvalue weighted by atomic mass is 10.2. The van der Waals surface area contributed by atoms with Crippen molar-refractivity contribution >= 4 is 5.91 Å². The number of carbonyl (C=O) groups excluding carboxylic acids is 1. The first-order chi connectivity index (χ1) is 11.7. The van der Waals surface area contributed by atoms with Gasteiger partial charge in [-0.15, -0.1) is 0 Å². The summed E-state index contributed by atoms with van der Waals surface area (Å²) in [4.78, 5) is 22.2. The summed E-state index contributed by atoms with van der Waals surface area (Å²) < 4.78 is 10.8. The Balaban J connectivity index is 1.64. The van der Waals surface area contributed by atoms with Gasteiger partial charge in [0.1, 0.15) is 17.9 Å². The third-order valence-corrected chi connectivity index (χ3v) is 3.82. The van der Waals surface area contributed by atoms with E-state index >= 15 is 0 Å². The zero-order valence-corrected chi connectivity index (χ0v) is 13.2. The van der Waals surface area contributed by atoms with E-state index in [9.17, 15) is 4.79 Å². The topological polar surface area (TPSA) is 88.3 Å². The summed E-state index contributed by atoms with van der Waals surface area (Å²) in [5.74, 6) is 0.869. The van der Waals surface area contributed by atoms with Gasteiger partial charge in [0.15, 0.2) is 0 Å². The van der Waals surface area contributed by atoms with E-state index in [4.69, 9.17) is 14.7 Å². The summed E-state index contributed by atoms with van der Waals surface area (Å²) in [6.07, 6.45) is 3.41. The van der Waals surface area contributed by atoms with Crippen LogP contribution in [0.3, 0.4) is 0 Å². The molecular weight excluding hydrogens is 308 g/mol. The molecule has 1 unspecified atom stereocenters. The number of ether oxygens (including phenoxy) is 2. The molecule has 2 heterocycles. The lowest BCUT2D eigenvalue weighted by Gasteiger charge is -2.17. The van der Waals surface area contributed by atoms with Crippen molar-refractivity contribution in [2.45, 2.75) is 12.5 Å². The lowest BCUT2D eigenvalue weighted by molar-refractivity contribution is 0.0771. The minimum atomic E-state index is -0.198. The Morgan fingerprint density at radius 3 is 2.75 bits per heavy atom. The minimum absolute atomic E-state index is 0.0524. The van der Waals surface area contributed by atoms with Gasteiger partial charge in [-0.1, -0.05) is 0 Å². The van der Waals surface area contributed by atoms with Crippen LogP contribution in [0.15, 0.2) is 36.7 Å². The summed E-state index contributed by atoms with van der Waals surface area (Å²) >= 11 is 0. The Hall–Kier alpha value is -3.14. The number of hydrogen-bond acceptors (Lipinski definition) is 6. The number of aromatic nitrogens is 2. The predicted octanol–water partition coefficient (Wildman–Crippen LogP) is 1.65. The highest BCUT2D eigenvalue weighted by Gasteiger charge is 2.29. The molecule has 0 saturated carbocycles. The van der Waals surface area contributed by atoms with Crippen LogP contribution in [-0.2, 0) is 0 Å². The van der Waals surface area contributed by atoms with Crippen LogP contribution >= 0.6 is 0 Å². The molecule has 2 aromatic rings. The van der Waals surface area contributed by atoms with E-state index in [1.165, 1.54) is 12.4 Å². The standard InChI is InChI=1S/C17H16N4O3/c1-23-13-4-2-12(3-5-13)17(22)21-9-6-14(11-21)24-16-15(10-18)19-7-8-20-16/h2-5,7-8,14H,6,9,11H2,1H3. The Morgan fingerprint density at radius 2 is 2.04 bits per heavy atom. The Kier molecular flexibility index (Phi) is 4.57. The van der Waals surface area contributed by atoms with Crippen molar-refractivity contribution in [1.29, 1.82) is 5.26 Å². The highest BCUT2D eigenvalue weighted by atomic mass is 16.5. The number of likely N-dealkylation sites (tertiary alicyclic amines) is 1. The monoisotopic (exact) mass is 324 g/mol. The Labute approximate surface area is 139 Å².